The summed E-state index contributed by atoms with van der Waals surface area (Å²) in [7, 11) is 0. The molecule has 0 radical (unpaired) electrons. The third-order valence-corrected chi connectivity index (χ3v) is 2.63. The summed E-state index contributed by atoms with van der Waals surface area (Å²) in [5, 5.41) is 28.1. The molecule has 0 saturated carbocycles. The fourth-order valence-corrected chi connectivity index (χ4v) is 1.66. The Balaban J connectivity index is 2.13. The highest BCUT2D eigenvalue weighted by Crippen LogP contribution is 2.19. The third-order valence-electron chi connectivity index (χ3n) is 2.63. The van der Waals surface area contributed by atoms with Gasteiger partial charge in [0.25, 0.3) is 0 Å². The maximum Gasteiger partial charge on any atom is 0.368 e. The smallest absolute Gasteiger partial charge is 0.368 e. The van der Waals surface area contributed by atoms with Crippen molar-refractivity contribution in [3.63, 3.8) is 0 Å². The molecule has 1 saturated heterocycles. The number of nitrogen functional groups attached to an aromatic ring is 1. The molecular weight excluding hydrogens is 244 g/mol. The molecule has 1 aromatic rings. The van der Waals surface area contributed by atoms with E-state index in [9.17, 15) is 15.0 Å². The summed E-state index contributed by atoms with van der Waals surface area (Å²) in [5.74, 6) is 0.0687. The highest BCUT2D eigenvalue weighted by atomic mass is 16.6. The van der Waals surface area contributed by atoms with Crippen LogP contribution in [0.2, 0.25) is 0 Å². The van der Waals surface area contributed by atoms with Gasteiger partial charge in [0, 0.05) is 6.20 Å². The van der Waals surface area contributed by atoms with E-state index in [1.54, 1.807) is 0 Å². The molecule has 6 N–H and O–H groups in total. The SMILES string of the molecule is Nc1ccn(NC2O[C@H](CO)[C@@H](O)[C@H]2O)c(=O)n1. The largest absolute Gasteiger partial charge is 0.394 e. The van der Waals surface area contributed by atoms with Crippen molar-refractivity contribution in [2.75, 3.05) is 17.8 Å². The number of aromatic nitrogens is 2. The molecule has 1 fully saturated rings. The number of ether oxygens (including phenoxy) is 1. The zero-order valence-electron chi connectivity index (χ0n) is 9.30. The van der Waals surface area contributed by atoms with Crippen LogP contribution in [0.4, 0.5) is 5.82 Å². The number of aliphatic hydroxyl groups excluding tert-OH is 3. The van der Waals surface area contributed by atoms with E-state index in [4.69, 9.17) is 15.6 Å². The maximum absolute atomic E-state index is 11.4. The topological polar surface area (TPSA) is 143 Å². The van der Waals surface area contributed by atoms with Crippen LogP contribution in [0.25, 0.3) is 0 Å². The molecule has 0 amide bonds. The number of nitrogens with one attached hydrogen (secondary N) is 1. The quantitative estimate of drug-likeness (QED) is 0.381. The number of hydrogen-bond donors (Lipinski definition) is 5. The summed E-state index contributed by atoms with van der Waals surface area (Å²) in [4.78, 5) is 14.9. The van der Waals surface area contributed by atoms with Crippen LogP contribution in [-0.4, -0.2) is 56.1 Å². The van der Waals surface area contributed by atoms with Crippen LogP contribution < -0.4 is 16.8 Å². The first-order chi connectivity index (χ1) is 8.52. The lowest BCUT2D eigenvalue weighted by atomic mass is 10.1. The van der Waals surface area contributed by atoms with Crippen molar-refractivity contribution >= 4 is 5.82 Å². The third kappa shape index (κ3) is 2.29. The molecule has 100 valence electrons. The number of aliphatic hydroxyl groups is 3. The van der Waals surface area contributed by atoms with Crippen LogP contribution in [0.5, 0.6) is 0 Å². The Bertz CT molecular complexity index is 478. The zero-order valence-corrected chi connectivity index (χ0v) is 9.30. The van der Waals surface area contributed by atoms with E-state index in [-0.39, 0.29) is 5.82 Å². The Kier molecular flexibility index (Phi) is 3.48. The first-order valence-corrected chi connectivity index (χ1v) is 5.27. The summed E-state index contributed by atoms with van der Waals surface area (Å²) in [6, 6.07) is 1.38. The standard InChI is InChI=1S/C9H14N4O5/c10-5-1-2-13(9(17)11-5)12-8-7(16)6(15)4(3-14)18-8/h1-2,4,6-8,12,14-16H,3H2,(H2,10,11,17)/t4-,6-,7-,8?/m1/s1. The Morgan fingerprint density at radius 1 is 1.50 bits per heavy atom. The number of anilines is 1. The van der Waals surface area contributed by atoms with E-state index < -0.39 is 36.8 Å². The van der Waals surface area contributed by atoms with Gasteiger partial charge in [-0.3, -0.25) is 5.43 Å². The monoisotopic (exact) mass is 258 g/mol. The highest BCUT2D eigenvalue weighted by Gasteiger charge is 2.42. The lowest BCUT2D eigenvalue weighted by molar-refractivity contribution is -0.0179. The molecule has 2 rings (SSSR count). The lowest BCUT2D eigenvalue weighted by Gasteiger charge is -2.18. The van der Waals surface area contributed by atoms with Gasteiger partial charge in [-0.25, -0.2) is 9.47 Å². The minimum atomic E-state index is -1.27. The molecule has 1 aromatic heterocycles. The second-order valence-corrected chi connectivity index (χ2v) is 3.89. The average Bonchev–Trinajstić information content (AvgIpc) is 2.60. The van der Waals surface area contributed by atoms with E-state index in [1.807, 2.05) is 0 Å². The summed E-state index contributed by atoms with van der Waals surface area (Å²) in [6.07, 6.45) is -3.12. The average molecular weight is 258 g/mol. The molecule has 0 aromatic carbocycles. The highest BCUT2D eigenvalue weighted by molar-refractivity contribution is 5.23. The van der Waals surface area contributed by atoms with Gasteiger partial charge in [0.15, 0.2) is 6.23 Å². The Morgan fingerprint density at radius 3 is 2.78 bits per heavy atom. The fraction of sp³-hybridized carbons (Fsp3) is 0.556. The van der Waals surface area contributed by atoms with Gasteiger partial charge in [0.05, 0.1) is 6.61 Å². The minimum Gasteiger partial charge on any atom is -0.394 e. The van der Waals surface area contributed by atoms with Crippen LogP contribution in [0.15, 0.2) is 17.1 Å². The van der Waals surface area contributed by atoms with Gasteiger partial charge < -0.3 is 25.8 Å². The molecule has 0 spiro atoms. The van der Waals surface area contributed by atoms with E-state index in [2.05, 4.69) is 10.4 Å². The summed E-state index contributed by atoms with van der Waals surface area (Å²) in [5.41, 5.74) is 7.17. The van der Waals surface area contributed by atoms with Crippen LogP contribution in [0.1, 0.15) is 0 Å². The lowest BCUT2D eigenvalue weighted by Crippen LogP contribution is -2.43. The van der Waals surface area contributed by atoms with Gasteiger partial charge in [-0.1, -0.05) is 0 Å². The zero-order chi connectivity index (χ0) is 13.3. The predicted molar refractivity (Wildman–Crippen MR) is 60.0 cm³/mol. The number of rotatable bonds is 3. The first kappa shape index (κ1) is 12.8. The normalized spacial score (nSPS) is 31.5. The van der Waals surface area contributed by atoms with E-state index in [0.717, 1.165) is 4.68 Å². The summed E-state index contributed by atoms with van der Waals surface area (Å²) in [6.45, 7) is -0.439. The molecule has 9 heteroatoms. The van der Waals surface area contributed by atoms with Crippen LogP contribution in [0.3, 0.4) is 0 Å². The molecule has 18 heavy (non-hydrogen) atoms. The first-order valence-electron chi connectivity index (χ1n) is 5.27. The van der Waals surface area contributed by atoms with E-state index in [1.165, 1.54) is 12.3 Å². The van der Waals surface area contributed by atoms with Gasteiger partial charge in [0.1, 0.15) is 24.1 Å². The number of hydrogen-bond acceptors (Lipinski definition) is 8. The van der Waals surface area contributed by atoms with Crippen LogP contribution in [-0.2, 0) is 4.74 Å². The molecule has 1 unspecified atom stereocenters. The second-order valence-electron chi connectivity index (χ2n) is 3.89. The number of nitrogens with zero attached hydrogens (tertiary/aromatic N) is 2. The maximum atomic E-state index is 11.4. The Labute approximate surface area is 101 Å². The van der Waals surface area contributed by atoms with E-state index in [0.29, 0.717) is 0 Å². The van der Waals surface area contributed by atoms with Gasteiger partial charge in [-0.2, -0.15) is 4.98 Å². The van der Waals surface area contributed by atoms with Gasteiger partial charge in [-0.05, 0) is 6.07 Å². The molecule has 1 aliphatic rings. The molecular formula is C9H14N4O5. The second kappa shape index (κ2) is 4.90. The molecule has 0 aliphatic carbocycles. The van der Waals surface area contributed by atoms with Crippen LogP contribution in [0, 0.1) is 0 Å². The molecule has 9 nitrogen and oxygen atoms in total. The molecule has 0 bridgehead atoms. The Morgan fingerprint density at radius 2 is 2.22 bits per heavy atom. The van der Waals surface area contributed by atoms with Crippen molar-refractivity contribution in [1.82, 2.24) is 9.66 Å². The minimum absolute atomic E-state index is 0.0687. The fourth-order valence-electron chi connectivity index (χ4n) is 1.66. The van der Waals surface area contributed by atoms with Crippen molar-refractivity contribution in [2.45, 2.75) is 24.5 Å². The van der Waals surface area contributed by atoms with E-state index >= 15 is 0 Å². The van der Waals surface area contributed by atoms with Crippen molar-refractivity contribution < 1.29 is 20.1 Å². The summed E-state index contributed by atoms with van der Waals surface area (Å²) < 4.78 is 6.11. The predicted octanol–water partition coefficient (Wildman–Crippen LogP) is -3.19. The van der Waals surface area contributed by atoms with Crippen LogP contribution >= 0.6 is 0 Å². The summed E-state index contributed by atoms with van der Waals surface area (Å²) >= 11 is 0. The number of nitrogens with two attached hydrogens (primary N) is 1. The Hall–Kier alpha value is -1.68. The van der Waals surface area contributed by atoms with Crippen molar-refractivity contribution in [1.29, 1.82) is 0 Å². The molecule has 4 atom stereocenters. The van der Waals surface area contributed by atoms with Crippen molar-refractivity contribution in [3.05, 3.63) is 22.7 Å². The van der Waals surface area contributed by atoms with Gasteiger partial charge >= 0.3 is 5.69 Å². The van der Waals surface area contributed by atoms with Gasteiger partial charge in [-0.15, -0.1) is 0 Å². The molecule has 2 heterocycles. The van der Waals surface area contributed by atoms with Crippen molar-refractivity contribution in [2.24, 2.45) is 0 Å². The van der Waals surface area contributed by atoms with Crippen molar-refractivity contribution in [3.8, 4) is 0 Å². The molecule has 1 aliphatic heterocycles. The van der Waals surface area contributed by atoms with Gasteiger partial charge in [0.2, 0.25) is 0 Å².